The first-order valence-corrected chi connectivity index (χ1v) is 21.8. The molecule has 1 unspecified atom stereocenters. The molecule has 2 aliphatic carbocycles. The van der Waals surface area contributed by atoms with Crippen molar-refractivity contribution in [2.24, 2.45) is 0 Å². The standard InChI is InChI=1S/C61H37NO/c1-2-14-38(15-3-1)39-26-28-40(29-27-39)62(41-31-33-60-54(34-41)50-22-10-13-25-59(50)63-60)42-30-32-49-47-20-8-11-23-55(47)61(57(49)35-42)56-24-12-9-21-48(56)53-36-51-45-18-6-4-16-43(45)44-17-5-7-19-46(44)52(51)37-58(53)61/h1-37H. The fourth-order valence-electron chi connectivity index (χ4n) is 11.4. The molecular formula is C61H37NO. The van der Waals surface area contributed by atoms with Gasteiger partial charge in [0.1, 0.15) is 11.2 Å². The third-order valence-corrected chi connectivity index (χ3v) is 14.0. The lowest BCUT2D eigenvalue weighted by atomic mass is 9.70. The predicted octanol–water partition coefficient (Wildman–Crippen LogP) is 16.5. The van der Waals surface area contributed by atoms with E-state index >= 15 is 0 Å². The van der Waals surface area contributed by atoms with E-state index in [-0.39, 0.29) is 0 Å². The van der Waals surface area contributed by atoms with Crippen LogP contribution in [0, 0.1) is 0 Å². The van der Waals surface area contributed by atoms with Crippen LogP contribution in [0.5, 0.6) is 0 Å². The molecule has 0 N–H and O–H groups in total. The van der Waals surface area contributed by atoms with E-state index in [1.165, 1.54) is 88.0 Å². The summed E-state index contributed by atoms with van der Waals surface area (Å²) in [7, 11) is 0. The number of rotatable bonds is 4. The van der Waals surface area contributed by atoms with Crippen molar-refractivity contribution >= 4 is 71.3 Å². The van der Waals surface area contributed by atoms with E-state index in [1.54, 1.807) is 0 Å². The van der Waals surface area contributed by atoms with Crippen molar-refractivity contribution in [3.05, 3.63) is 247 Å². The molecule has 1 spiro atoms. The van der Waals surface area contributed by atoms with Gasteiger partial charge in [-0.2, -0.15) is 0 Å². The zero-order valence-corrected chi connectivity index (χ0v) is 34.2. The Hall–Kier alpha value is -8.20. The van der Waals surface area contributed by atoms with E-state index in [0.717, 1.165) is 39.0 Å². The molecule has 292 valence electrons. The Morgan fingerprint density at radius 1 is 0.270 bits per heavy atom. The van der Waals surface area contributed by atoms with Crippen molar-refractivity contribution in [3.8, 4) is 33.4 Å². The van der Waals surface area contributed by atoms with E-state index in [4.69, 9.17) is 4.42 Å². The molecule has 0 saturated carbocycles. The van der Waals surface area contributed by atoms with Crippen molar-refractivity contribution in [1.29, 1.82) is 0 Å². The maximum absolute atomic E-state index is 6.35. The minimum Gasteiger partial charge on any atom is -0.456 e. The number of benzene rings is 11. The normalized spacial score (nSPS) is 14.7. The maximum atomic E-state index is 6.35. The van der Waals surface area contributed by atoms with Gasteiger partial charge in [-0.1, -0.05) is 164 Å². The minimum absolute atomic E-state index is 0.539. The second-order valence-electron chi connectivity index (χ2n) is 17.1. The van der Waals surface area contributed by atoms with Gasteiger partial charge in [-0.25, -0.2) is 0 Å². The van der Waals surface area contributed by atoms with E-state index in [2.05, 4.69) is 223 Å². The summed E-state index contributed by atoms with van der Waals surface area (Å²) in [6.45, 7) is 0. The number of fused-ring (bicyclic) bond motifs is 19. The van der Waals surface area contributed by atoms with Gasteiger partial charge in [0, 0.05) is 27.8 Å². The summed E-state index contributed by atoms with van der Waals surface area (Å²) in [6.07, 6.45) is 0. The van der Waals surface area contributed by atoms with E-state index < -0.39 is 5.41 Å². The molecule has 0 saturated heterocycles. The van der Waals surface area contributed by atoms with Gasteiger partial charge in [0.25, 0.3) is 0 Å². The summed E-state index contributed by atoms with van der Waals surface area (Å²) in [6, 6.07) is 83.0. The Labute approximate surface area is 364 Å². The topological polar surface area (TPSA) is 16.4 Å². The molecule has 1 aromatic heterocycles. The van der Waals surface area contributed by atoms with Crippen LogP contribution in [0.4, 0.5) is 17.1 Å². The third-order valence-electron chi connectivity index (χ3n) is 14.0. The summed E-state index contributed by atoms with van der Waals surface area (Å²) in [5.74, 6) is 0. The molecule has 0 aliphatic heterocycles. The summed E-state index contributed by atoms with van der Waals surface area (Å²) < 4.78 is 6.35. The van der Waals surface area contributed by atoms with Crippen LogP contribution in [0.15, 0.2) is 229 Å². The molecule has 2 aliphatic rings. The molecule has 1 atom stereocenters. The zero-order chi connectivity index (χ0) is 41.2. The lowest BCUT2D eigenvalue weighted by molar-refractivity contribution is 0.669. The Morgan fingerprint density at radius 3 is 1.46 bits per heavy atom. The highest BCUT2D eigenvalue weighted by molar-refractivity contribution is 6.26. The van der Waals surface area contributed by atoms with Gasteiger partial charge in [0.15, 0.2) is 0 Å². The fraction of sp³-hybridized carbons (Fsp3) is 0.0164. The second-order valence-corrected chi connectivity index (χ2v) is 17.1. The number of nitrogens with zero attached hydrogens (tertiary/aromatic N) is 1. The van der Waals surface area contributed by atoms with E-state index in [1.807, 2.05) is 6.07 Å². The quantitative estimate of drug-likeness (QED) is 0.165. The lowest BCUT2D eigenvalue weighted by Crippen LogP contribution is -2.26. The summed E-state index contributed by atoms with van der Waals surface area (Å²) in [5.41, 5.74) is 17.3. The average Bonchev–Trinajstić information content (AvgIpc) is 3.97. The van der Waals surface area contributed by atoms with Crippen molar-refractivity contribution < 1.29 is 4.42 Å². The van der Waals surface area contributed by atoms with Crippen LogP contribution in [0.25, 0.3) is 87.6 Å². The van der Waals surface area contributed by atoms with Crippen LogP contribution < -0.4 is 4.90 Å². The first-order valence-electron chi connectivity index (χ1n) is 21.8. The molecule has 63 heavy (non-hydrogen) atoms. The van der Waals surface area contributed by atoms with Crippen LogP contribution in [0.3, 0.4) is 0 Å². The molecule has 2 heteroatoms. The van der Waals surface area contributed by atoms with Crippen LogP contribution in [-0.2, 0) is 5.41 Å². The molecule has 0 radical (unpaired) electrons. The Morgan fingerprint density at radius 2 is 0.746 bits per heavy atom. The van der Waals surface area contributed by atoms with Gasteiger partial charge in [-0.3, -0.25) is 0 Å². The Bertz CT molecular complexity index is 3860. The van der Waals surface area contributed by atoms with Crippen molar-refractivity contribution in [3.63, 3.8) is 0 Å². The molecule has 11 aromatic carbocycles. The molecular weight excluding hydrogens is 763 g/mol. The van der Waals surface area contributed by atoms with Crippen LogP contribution in [0.2, 0.25) is 0 Å². The summed E-state index contributed by atoms with van der Waals surface area (Å²) in [4.78, 5) is 2.43. The van der Waals surface area contributed by atoms with Gasteiger partial charge in [0.05, 0.1) is 5.41 Å². The highest BCUT2D eigenvalue weighted by Crippen LogP contribution is 2.64. The van der Waals surface area contributed by atoms with E-state index in [0.29, 0.717) is 0 Å². The van der Waals surface area contributed by atoms with Gasteiger partial charge in [-0.15, -0.1) is 0 Å². The highest BCUT2D eigenvalue weighted by Gasteiger charge is 2.52. The molecule has 0 amide bonds. The maximum Gasteiger partial charge on any atom is 0.135 e. The predicted molar refractivity (Wildman–Crippen MR) is 263 cm³/mol. The lowest BCUT2D eigenvalue weighted by Gasteiger charge is -2.32. The second kappa shape index (κ2) is 12.9. The number of anilines is 3. The fourth-order valence-corrected chi connectivity index (χ4v) is 11.4. The van der Waals surface area contributed by atoms with Crippen molar-refractivity contribution in [2.45, 2.75) is 5.41 Å². The zero-order valence-electron chi connectivity index (χ0n) is 34.2. The SMILES string of the molecule is c1ccc(-c2ccc(N(c3ccc4c(c3)C3(c5ccccc5-4)c4ccccc4-c4cc5c6ccccc6c6ccccc6c5cc43)c3ccc4oc5ccccc5c4c3)cc2)cc1. The van der Waals surface area contributed by atoms with Crippen LogP contribution >= 0.6 is 0 Å². The number of para-hydroxylation sites is 1. The highest BCUT2D eigenvalue weighted by atomic mass is 16.3. The number of furan rings is 1. The van der Waals surface area contributed by atoms with Gasteiger partial charge >= 0.3 is 0 Å². The number of hydrogen-bond donors (Lipinski definition) is 0. The molecule has 0 bridgehead atoms. The number of hydrogen-bond acceptors (Lipinski definition) is 2. The van der Waals surface area contributed by atoms with Gasteiger partial charge < -0.3 is 9.32 Å². The van der Waals surface area contributed by atoms with Crippen molar-refractivity contribution in [2.75, 3.05) is 4.90 Å². The first kappa shape index (κ1) is 34.5. The minimum atomic E-state index is -0.539. The smallest absolute Gasteiger partial charge is 0.135 e. The Balaban J connectivity index is 1.05. The molecule has 12 aromatic rings. The molecule has 0 fully saturated rings. The van der Waals surface area contributed by atoms with Crippen LogP contribution in [-0.4, -0.2) is 0 Å². The Kier molecular flexibility index (Phi) is 7.07. The average molecular weight is 800 g/mol. The summed E-state index contributed by atoms with van der Waals surface area (Å²) in [5, 5.41) is 9.96. The molecule has 14 rings (SSSR count). The third kappa shape index (κ3) is 4.72. The summed E-state index contributed by atoms with van der Waals surface area (Å²) >= 11 is 0. The molecule has 2 nitrogen and oxygen atoms in total. The monoisotopic (exact) mass is 799 g/mol. The van der Waals surface area contributed by atoms with Gasteiger partial charge in [-0.05, 0) is 149 Å². The first-order chi connectivity index (χ1) is 31.2. The largest absolute Gasteiger partial charge is 0.456 e. The van der Waals surface area contributed by atoms with Gasteiger partial charge in [0.2, 0.25) is 0 Å². The molecule has 1 heterocycles. The van der Waals surface area contributed by atoms with E-state index in [9.17, 15) is 0 Å². The van der Waals surface area contributed by atoms with Crippen LogP contribution in [0.1, 0.15) is 22.3 Å². The van der Waals surface area contributed by atoms with Crippen molar-refractivity contribution in [1.82, 2.24) is 0 Å².